The second-order valence-corrected chi connectivity index (χ2v) is 34.1. The van der Waals surface area contributed by atoms with Crippen molar-refractivity contribution in [2.45, 2.75) is 272 Å². The Labute approximate surface area is 392 Å². The van der Waals surface area contributed by atoms with Crippen molar-refractivity contribution in [3.63, 3.8) is 0 Å². The van der Waals surface area contributed by atoms with E-state index in [1.807, 2.05) is 0 Å². The highest BCUT2D eigenvalue weighted by Crippen LogP contribution is 2.65. The third-order valence-electron chi connectivity index (χ3n) is 17.9. The number of aldehydes is 1. The first-order valence-electron chi connectivity index (χ1n) is 29.8. The van der Waals surface area contributed by atoms with Gasteiger partial charge in [0.15, 0.2) is 16.6 Å². The average Bonchev–Trinajstić information content (AvgIpc) is 3.74. The summed E-state index contributed by atoms with van der Waals surface area (Å²) >= 11 is 0. The standard InChI is InChI=1S/C27H50O2Si.C26H50O3Si/c1-11-17-26(7,19-13-18-25(5,6)28)23-16-15-21-22(14-12-20-27(21,23)8)29-30(9,10)24(2,3)4;1-23(2,3)30(8,9)29-21-12-10-17-26(7)20(21)13-14-22(26)25(6,18-19-27)16-11-15-24(4,5)28/h1,21-23,28H,12-20H2,2-10H3;19-22,28H,10-18H2,1-9H3/t21?,22-,23+,26-,27-;20?,21-,22+,25+,26-/m00/s1/i5D3,6D3;4D3,5D3. The number of carbonyl (C=O) groups is 1. The van der Waals surface area contributed by atoms with Crippen molar-refractivity contribution in [2.24, 2.45) is 45.3 Å². The van der Waals surface area contributed by atoms with Crippen molar-refractivity contribution in [3.8, 4) is 12.3 Å². The molecule has 0 bridgehead atoms. The van der Waals surface area contributed by atoms with Crippen LogP contribution in [-0.4, -0.2) is 56.5 Å². The predicted octanol–water partition coefficient (Wildman–Crippen LogP) is 14.7. The Morgan fingerprint density at radius 3 is 1.40 bits per heavy atom. The van der Waals surface area contributed by atoms with Crippen molar-refractivity contribution < 1.29 is 40.3 Å². The number of fused-ring (bicyclic) bond motifs is 2. The van der Waals surface area contributed by atoms with Gasteiger partial charge in [-0.15, -0.1) is 12.3 Å². The number of carbonyl (C=O) groups excluding carboxylic acids is 1. The van der Waals surface area contributed by atoms with Crippen LogP contribution in [0.3, 0.4) is 0 Å². The van der Waals surface area contributed by atoms with Gasteiger partial charge in [-0.1, -0.05) is 94.9 Å². The smallest absolute Gasteiger partial charge is 0.192 e. The Kier molecular flexibility index (Phi) is 12.3. The highest BCUT2D eigenvalue weighted by molar-refractivity contribution is 6.74. The molecule has 0 aromatic rings. The molecule has 0 spiro atoms. The monoisotopic (exact) mass is 885 g/mol. The van der Waals surface area contributed by atoms with Crippen LogP contribution in [0.5, 0.6) is 0 Å². The highest BCUT2D eigenvalue weighted by atomic mass is 28.4. The van der Waals surface area contributed by atoms with Crippen LogP contribution < -0.4 is 0 Å². The van der Waals surface area contributed by atoms with Gasteiger partial charge in [0.2, 0.25) is 0 Å². The number of hydrogen-bond donors (Lipinski definition) is 2. The van der Waals surface area contributed by atoms with E-state index in [0.29, 0.717) is 49.9 Å². The van der Waals surface area contributed by atoms with Gasteiger partial charge < -0.3 is 23.9 Å². The van der Waals surface area contributed by atoms with Crippen LogP contribution in [0, 0.1) is 57.7 Å². The van der Waals surface area contributed by atoms with Gasteiger partial charge in [-0.25, -0.2) is 0 Å². The largest absolute Gasteiger partial charge is 0.414 e. The highest BCUT2D eigenvalue weighted by Gasteiger charge is 2.59. The second-order valence-electron chi connectivity index (χ2n) is 24.6. The minimum Gasteiger partial charge on any atom is -0.414 e. The number of aliphatic hydroxyl groups is 2. The van der Waals surface area contributed by atoms with Gasteiger partial charge in [0.1, 0.15) is 6.29 Å². The maximum Gasteiger partial charge on any atom is 0.192 e. The quantitative estimate of drug-likeness (QED) is 0.0864. The summed E-state index contributed by atoms with van der Waals surface area (Å²) in [5, 5.41) is 21.7. The summed E-state index contributed by atoms with van der Waals surface area (Å²) in [4.78, 5) is 11.8. The number of terminal acetylenes is 1. The first-order valence-corrected chi connectivity index (χ1v) is 29.6. The molecule has 0 aromatic carbocycles. The molecule has 7 heteroatoms. The van der Waals surface area contributed by atoms with Gasteiger partial charge in [0.05, 0.1) is 11.2 Å². The molecule has 0 saturated heterocycles. The molecule has 4 aliphatic carbocycles. The van der Waals surface area contributed by atoms with E-state index in [1.54, 1.807) is 0 Å². The van der Waals surface area contributed by atoms with Gasteiger partial charge in [-0.3, -0.25) is 0 Å². The molecule has 2 N–H and O–H groups in total. The minimum absolute atomic E-state index is 0.00734. The van der Waals surface area contributed by atoms with Gasteiger partial charge in [0, 0.05) is 41.5 Å². The van der Waals surface area contributed by atoms with E-state index < -0.39 is 60.7 Å². The van der Waals surface area contributed by atoms with Crippen LogP contribution in [0.1, 0.15) is 229 Å². The van der Waals surface area contributed by atoms with E-state index in [2.05, 4.69) is 101 Å². The molecular formula is C53H100O5Si2. The van der Waals surface area contributed by atoms with E-state index in [9.17, 15) is 15.0 Å². The van der Waals surface area contributed by atoms with Gasteiger partial charge in [-0.2, -0.15) is 0 Å². The van der Waals surface area contributed by atoms with Crippen molar-refractivity contribution in [2.75, 3.05) is 0 Å². The minimum atomic E-state index is -3.01. The van der Waals surface area contributed by atoms with E-state index in [1.165, 1.54) is 0 Å². The van der Waals surface area contributed by atoms with Gasteiger partial charge in [-0.05, 0) is 186 Å². The molecule has 0 aliphatic heterocycles. The second kappa shape index (κ2) is 19.5. The maximum atomic E-state index is 11.8. The lowest BCUT2D eigenvalue weighted by atomic mass is 9.56. The molecule has 5 nitrogen and oxygen atoms in total. The Morgan fingerprint density at radius 1 is 0.667 bits per heavy atom. The molecule has 4 saturated carbocycles. The summed E-state index contributed by atoms with van der Waals surface area (Å²) < 4.78 is 106. The van der Waals surface area contributed by atoms with E-state index in [0.717, 1.165) is 70.5 Å². The third-order valence-corrected chi connectivity index (χ3v) is 26.9. The zero-order valence-electron chi connectivity index (χ0n) is 53.0. The van der Waals surface area contributed by atoms with Crippen LogP contribution in [-0.2, 0) is 13.6 Å². The average molecular weight is 886 g/mol. The summed E-state index contributed by atoms with van der Waals surface area (Å²) in [6.45, 7) is 19.9. The number of rotatable bonds is 17. The molecule has 350 valence electrons. The normalized spacial score (nSPS) is 36.2. The fourth-order valence-corrected chi connectivity index (χ4v) is 15.4. The Bertz CT molecular complexity index is 1820. The zero-order valence-corrected chi connectivity index (χ0v) is 43.0. The molecular weight excluding hydrogens is 773 g/mol. The van der Waals surface area contributed by atoms with E-state index >= 15 is 0 Å². The molecule has 60 heavy (non-hydrogen) atoms. The lowest BCUT2D eigenvalue weighted by Crippen LogP contribution is -2.51. The van der Waals surface area contributed by atoms with Crippen LogP contribution in [0.15, 0.2) is 0 Å². The molecule has 10 atom stereocenters. The Hall–Kier alpha value is -0.496. The van der Waals surface area contributed by atoms with E-state index in [4.69, 9.17) is 31.7 Å². The van der Waals surface area contributed by atoms with Crippen LogP contribution >= 0.6 is 0 Å². The topological polar surface area (TPSA) is 76.0 Å². The third kappa shape index (κ3) is 12.9. The first-order chi connectivity index (χ1) is 32.1. The van der Waals surface area contributed by atoms with Crippen LogP contribution in [0.2, 0.25) is 36.3 Å². The summed E-state index contributed by atoms with van der Waals surface area (Å²) in [5.41, 5.74) is -6.05. The van der Waals surface area contributed by atoms with Crippen molar-refractivity contribution in [1.29, 1.82) is 0 Å². The SMILES string of the molecule is [2H]C([2H])([2H])C(O)(CCC[C@](C)(CC#C)[C@H]1CCC2[C@@H](O[Si](C)(C)C(C)(C)C)CCC[C@@]21C)C([2H])([2H])[2H].[2H]C([2H])([2H])C(O)(CCC[C@](C)(CC=O)[C@H]1CCC2[C@@H](O[Si](C)(C)C(C)(C)C)CCC[C@@]21C)C([2H])([2H])[2H]. The molecule has 4 fully saturated rings. The Morgan fingerprint density at radius 2 is 1.05 bits per heavy atom. The first kappa shape index (κ1) is 37.7. The van der Waals surface area contributed by atoms with Crippen molar-refractivity contribution >= 4 is 22.9 Å². The summed E-state index contributed by atoms with van der Waals surface area (Å²) in [6, 6.07) is 0. The summed E-state index contributed by atoms with van der Waals surface area (Å²) in [7, 11) is -3.85. The van der Waals surface area contributed by atoms with E-state index in [-0.39, 0.29) is 63.7 Å². The molecule has 4 rings (SSSR count). The van der Waals surface area contributed by atoms with Crippen LogP contribution in [0.25, 0.3) is 0 Å². The van der Waals surface area contributed by atoms with Gasteiger partial charge in [0.25, 0.3) is 0 Å². The molecule has 0 aromatic heterocycles. The zero-order chi connectivity index (χ0) is 56.0. The van der Waals surface area contributed by atoms with Gasteiger partial charge >= 0.3 is 0 Å². The summed E-state index contributed by atoms with van der Waals surface area (Å²) in [6.07, 6.45) is 19.8. The fourth-order valence-electron chi connectivity index (χ4n) is 12.6. The van der Waals surface area contributed by atoms with Crippen molar-refractivity contribution in [1.82, 2.24) is 0 Å². The molecule has 0 heterocycles. The van der Waals surface area contributed by atoms with Crippen molar-refractivity contribution in [3.05, 3.63) is 0 Å². The fraction of sp³-hybridized carbons (Fsp3) is 0.943. The molecule has 4 aliphatic rings. The molecule has 2 unspecified atom stereocenters. The lowest BCUT2D eigenvalue weighted by Gasteiger charge is -2.52. The lowest BCUT2D eigenvalue weighted by molar-refractivity contribution is -0.112. The number of hydrogen-bond acceptors (Lipinski definition) is 5. The molecule has 0 radical (unpaired) electrons. The molecule has 0 amide bonds. The predicted molar refractivity (Wildman–Crippen MR) is 261 cm³/mol. The summed E-state index contributed by atoms with van der Waals surface area (Å²) in [5.74, 6) is 4.33. The maximum absolute atomic E-state index is 11.8. The Balaban J connectivity index is 0.000000380. The van der Waals surface area contributed by atoms with Crippen LogP contribution in [0.4, 0.5) is 0 Å².